The minimum absolute atomic E-state index is 0.000889. The third-order valence-electron chi connectivity index (χ3n) is 6.00. The third kappa shape index (κ3) is 8.46. The lowest BCUT2D eigenvalue weighted by Gasteiger charge is -2.16. The Kier molecular flexibility index (Phi) is 8.95. The summed E-state index contributed by atoms with van der Waals surface area (Å²) in [5.74, 6) is -1.28. The molecule has 4 rings (SSSR count). The van der Waals surface area contributed by atoms with E-state index in [4.69, 9.17) is 5.73 Å². The SMILES string of the molecule is Nc1cccc(CS(=O)(=O)Nc2cccc(CS(=O)(=O)Nc3ccc(S(=O)(=O)O)c4cc(S(=O)(=O)O)cc(S(=O)(=O)O)c34)c2)c1. The van der Waals surface area contributed by atoms with Crippen LogP contribution < -0.4 is 15.2 Å². The molecule has 45 heavy (non-hydrogen) atoms. The molecule has 0 saturated heterocycles. The summed E-state index contributed by atoms with van der Waals surface area (Å²) in [5.41, 5.74) is 5.80. The Balaban J connectivity index is 1.73. The van der Waals surface area contributed by atoms with Gasteiger partial charge in [-0.25, -0.2) is 16.8 Å². The first-order valence-electron chi connectivity index (χ1n) is 12.0. The first-order chi connectivity index (χ1) is 20.5. The van der Waals surface area contributed by atoms with Gasteiger partial charge in [-0.2, -0.15) is 25.3 Å². The summed E-state index contributed by atoms with van der Waals surface area (Å²) in [6, 6.07) is 13.5. The number of benzene rings is 4. The van der Waals surface area contributed by atoms with Gasteiger partial charge in [-0.3, -0.25) is 23.1 Å². The number of anilines is 3. The van der Waals surface area contributed by atoms with Crippen molar-refractivity contribution in [3.8, 4) is 0 Å². The quantitative estimate of drug-likeness (QED) is 0.0955. The number of nitrogens with two attached hydrogens (primary N) is 1. The average molecular weight is 722 g/mol. The van der Waals surface area contributed by atoms with Gasteiger partial charge in [-0.15, -0.1) is 0 Å². The van der Waals surface area contributed by atoms with E-state index >= 15 is 0 Å². The zero-order valence-electron chi connectivity index (χ0n) is 22.4. The Morgan fingerprint density at radius 2 is 1.13 bits per heavy atom. The maximum Gasteiger partial charge on any atom is 0.295 e. The molecule has 4 aromatic carbocycles. The predicted octanol–water partition coefficient (Wildman–Crippen LogP) is 2.05. The number of nitrogen functional groups attached to an aromatic ring is 1. The summed E-state index contributed by atoms with van der Waals surface area (Å²) in [7, 11) is -24.3. The lowest BCUT2D eigenvalue weighted by molar-refractivity contribution is 0.478. The van der Waals surface area contributed by atoms with E-state index in [1.165, 1.54) is 30.3 Å². The fourth-order valence-corrected chi connectivity index (χ4v) is 8.74. The summed E-state index contributed by atoms with van der Waals surface area (Å²) in [6.07, 6.45) is 0. The van der Waals surface area contributed by atoms with Gasteiger partial charge in [-0.05, 0) is 59.7 Å². The summed E-state index contributed by atoms with van der Waals surface area (Å²) in [6.45, 7) is 0. The standard InChI is InChI=1S/C24H23N3O13S5/c25-17-5-1-3-15(9-17)13-41(28,29)26-18-6-2-4-16(10-18)14-42(30,31)27-21-7-8-22(44(35,36)37)20-11-19(43(32,33)34)12-23(24(20)21)45(38,39)40/h1-12,26-27H,13-14,25H2,(H,32,33,34)(H,35,36,37)(H,38,39,40). The minimum atomic E-state index is -5.42. The molecule has 7 N–H and O–H groups in total. The number of fused-ring (bicyclic) bond motifs is 1. The van der Waals surface area contributed by atoms with Crippen molar-refractivity contribution in [3.63, 3.8) is 0 Å². The molecular weight excluding hydrogens is 699 g/mol. The Bertz CT molecular complexity index is 2390. The lowest BCUT2D eigenvalue weighted by Crippen LogP contribution is -2.17. The van der Waals surface area contributed by atoms with E-state index < -0.39 is 93.1 Å². The maximum absolute atomic E-state index is 13.2. The predicted molar refractivity (Wildman–Crippen MR) is 163 cm³/mol. The molecule has 0 heterocycles. The van der Waals surface area contributed by atoms with Crippen molar-refractivity contribution in [2.24, 2.45) is 0 Å². The number of sulfonamides is 2. The van der Waals surface area contributed by atoms with Crippen molar-refractivity contribution in [2.45, 2.75) is 26.2 Å². The van der Waals surface area contributed by atoms with Gasteiger partial charge in [0.2, 0.25) is 20.0 Å². The molecule has 0 aliphatic rings. The summed E-state index contributed by atoms with van der Waals surface area (Å²) in [4.78, 5) is -3.58. The molecule has 0 fully saturated rings. The number of hydrogen-bond acceptors (Lipinski definition) is 11. The minimum Gasteiger partial charge on any atom is -0.399 e. The van der Waals surface area contributed by atoms with Gasteiger partial charge in [0.1, 0.15) is 9.79 Å². The highest BCUT2D eigenvalue weighted by molar-refractivity contribution is 7.92. The van der Waals surface area contributed by atoms with Crippen molar-refractivity contribution in [2.75, 3.05) is 15.2 Å². The number of nitrogens with one attached hydrogen (secondary N) is 2. The fraction of sp³-hybridized carbons (Fsp3) is 0.0833. The first-order valence-corrected chi connectivity index (χ1v) is 19.6. The van der Waals surface area contributed by atoms with Gasteiger partial charge in [0.25, 0.3) is 30.4 Å². The van der Waals surface area contributed by atoms with E-state index in [2.05, 4.69) is 4.72 Å². The van der Waals surface area contributed by atoms with Crippen LogP contribution in [0.4, 0.5) is 17.1 Å². The highest BCUT2D eigenvalue weighted by Gasteiger charge is 2.28. The van der Waals surface area contributed by atoms with Crippen LogP contribution in [-0.2, 0) is 61.9 Å². The molecule has 0 aromatic heterocycles. The van der Waals surface area contributed by atoms with Crippen molar-refractivity contribution in [1.82, 2.24) is 0 Å². The average Bonchev–Trinajstić information content (AvgIpc) is 2.85. The van der Waals surface area contributed by atoms with Crippen LogP contribution in [0.1, 0.15) is 11.1 Å². The van der Waals surface area contributed by atoms with E-state index in [9.17, 15) is 55.7 Å². The van der Waals surface area contributed by atoms with E-state index in [1.54, 1.807) is 18.2 Å². The van der Waals surface area contributed by atoms with E-state index in [0.29, 0.717) is 23.4 Å². The van der Waals surface area contributed by atoms with Crippen LogP contribution in [0.3, 0.4) is 0 Å². The molecule has 0 radical (unpaired) electrons. The van der Waals surface area contributed by atoms with Crippen LogP contribution in [-0.4, -0.2) is 55.7 Å². The van der Waals surface area contributed by atoms with E-state index in [0.717, 1.165) is 6.07 Å². The second-order valence-corrected chi connectivity index (χ2v) is 17.2. The van der Waals surface area contributed by atoms with Crippen molar-refractivity contribution in [3.05, 3.63) is 83.9 Å². The molecule has 0 bridgehead atoms. The maximum atomic E-state index is 13.2. The Labute approximate surface area is 258 Å². The second kappa shape index (κ2) is 11.8. The highest BCUT2D eigenvalue weighted by atomic mass is 32.2. The molecule has 0 aliphatic heterocycles. The molecule has 0 amide bonds. The van der Waals surface area contributed by atoms with Crippen LogP contribution in [0.5, 0.6) is 0 Å². The molecule has 21 heteroatoms. The first kappa shape index (κ1) is 34.1. The number of rotatable bonds is 11. The lowest BCUT2D eigenvalue weighted by atomic mass is 10.1. The van der Waals surface area contributed by atoms with Gasteiger partial charge >= 0.3 is 0 Å². The Morgan fingerprint density at radius 1 is 0.578 bits per heavy atom. The van der Waals surface area contributed by atoms with Crippen LogP contribution in [0, 0.1) is 0 Å². The molecule has 16 nitrogen and oxygen atoms in total. The van der Waals surface area contributed by atoms with Crippen molar-refractivity contribution >= 4 is 78.2 Å². The smallest absolute Gasteiger partial charge is 0.295 e. The monoisotopic (exact) mass is 721 g/mol. The molecule has 0 aliphatic carbocycles. The van der Waals surface area contributed by atoms with Gasteiger partial charge in [0, 0.05) is 22.1 Å². The number of hydrogen-bond donors (Lipinski definition) is 6. The van der Waals surface area contributed by atoms with Crippen molar-refractivity contribution in [1.29, 1.82) is 0 Å². The van der Waals surface area contributed by atoms with Crippen LogP contribution in [0.25, 0.3) is 10.8 Å². The molecular formula is C24H23N3O13S5. The largest absolute Gasteiger partial charge is 0.399 e. The molecule has 0 atom stereocenters. The summed E-state index contributed by atoms with van der Waals surface area (Å²) >= 11 is 0. The van der Waals surface area contributed by atoms with Gasteiger partial charge in [-0.1, -0.05) is 24.3 Å². The van der Waals surface area contributed by atoms with Crippen molar-refractivity contribution < 1.29 is 55.7 Å². The summed E-state index contributed by atoms with van der Waals surface area (Å²) < 4.78 is 157. The molecule has 242 valence electrons. The zero-order chi connectivity index (χ0) is 33.6. The van der Waals surface area contributed by atoms with Gasteiger partial charge < -0.3 is 5.73 Å². The third-order valence-corrected chi connectivity index (χ3v) is 11.1. The normalized spacial score (nSPS) is 13.0. The summed E-state index contributed by atoms with van der Waals surface area (Å²) in [5, 5.41) is -1.73. The second-order valence-electron chi connectivity index (χ2n) is 9.55. The topological polar surface area (TPSA) is 281 Å². The van der Waals surface area contributed by atoms with Crippen LogP contribution >= 0.6 is 0 Å². The van der Waals surface area contributed by atoms with Crippen LogP contribution in [0.15, 0.2) is 87.5 Å². The molecule has 0 saturated carbocycles. The Morgan fingerprint density at radius 3 is 1.69 bits per heavy atom. The zero-order valence-corrected chi connectivity index (χ0v) is 26.5. The van der Waals surface area contributed by atoms with Gasteiger partial charge in [0.15, 0.2) is 0 Å². The van der Waals surface area contributed by atoms with Gasteiger partial charge in [0.05, 0.1) is 22.1 Å². The molecule has 0 unspecified atom stereocenters. The van der Waals surface area contributed by atoms with E-state index in [1.807, 2.05) is 4.72 Å². The molecule has 0 spiro atoms. The fourth-order valence-electron chi connectivity index (χ4n) is 4.32. The Hall–Kier alpha value is -3.83. The molecule has 4 aromatic rings. The van der Waals surface area contributed by atoms with E-state index in [-0.39, 0.29) is 17.3 Å². The highest BCUT2D eigenvalue weighted by Crippen LogP contribution is 2.37. The van der Waals surface area contributed by atoms with Crippen LogP contribution in [0.2, 0.25) is 0 Å².